The molecule has 0 aromatic heterocycles. The predicted octanol–water partition coefficient (Wildman–Crippen LogP) is 18.3. The molecule has 0 bridgehead atoms. The summed E-state index contributed by atoms with van der Waals surface area (Å²) < 4.78 is 0. The highest BCUT2D eigenvalue weighted by Crippen LogP contribution is 2.58. The fourth-order valence-corrected chi connectivity index (χ4v) is 25.6. The van der Waals surface area contributed by atoms with E-state index in [-0.39, 0.29) is 0 Å². The molecule has 0 saturated carbocycles. The summed E-state index contributed by atoms with van der Waals surface area (Å²) in [6.07, 6.45) is 0. The van der Waals surface area contributed by atoms with Crippen molar-refractivity contribution in [2.75, 3.05) is 9.80 Å². The number of rotatable bonds is 14. The van der Waals surface area contributed by atoms with Crippen LogP contribution in [0.3, 0.4) is 0 Å². The van der Waals surface area contributed by atoms with Gasteiger partial charge in [0.05, 0.1) is 11.4 Å². The van der Waals surface area contributed by atoms with Crippen LogP contribution in [-0.4, -0.2) is 16.1 Å². The van der Waals surface area contributed by atoms with Gasteiger partial charge in [-0.25, -0.2) is 0 Å². The SMILES string of the molecule is CC1(C)c2cc(N(c3ccc([Si](c4ccccc4)(c4ccccc4)c4ccccc4)cc3)c3ccc4ccccc4c3)c3ccccc3c2-c2c1cc(N(c1ccc([Si](c3ccccc3)(c3ccccc3)c3ccccc3)cc1)c1ccc3ccccc3c1)c1ccccc21. The summed E-state index contributed by atoms with van der Waals surface area (Å²) in [6.45, 7) is 4.92. The summed E-state index contributed by atoms with van der Waals surface area (Å²) in [6, 6.07) is 142. The van der Waals surface area contributed by atoms with E-state index in [0.717, 1.165) is 34.1 Å². The molecule has 0 fully saturated rings. The topological polar surface area (TPSA) is 6.48 Å². The van der Waals surface area contributed by atoms with Crippen LogP contribution in [0.2, 0.25) is 0 Å². The van der Waals surface area contributed by atoms with Crippen LogP contribution in [0.5, 0.6) is 0 Å². The Morgan fingerprint density at radius 3 is 0.758 bits per heavy atom. The molecule has 4 heteroatoms. The minimum absolute atomic E-state index is 0.446. The Bertz CT molecular complexity index is 4950. The normalized spacial score (nSPS) is 12.6. The molecular formula is C91H68N2Si2. The average molecular weight is 1250 g/mol. The second kappa shape index (κ2) is 23.6. The molecule has 0 saturated heterocycles. The molecule has 1 aliphatic rings. The number of benzene rings is 16. The molecule has 0 heterocycles. The fraction of sp³-hybridized carbons (Fsp3) is 0.0330. The van der Waals surface area contributed by atoms with Crippen molar-refractivity contribution in [1.29, 1.82) is 0 Å². The van der Waals surface area contributed by atoms with E-state index in [4.69, 9.17) is 0 Å². The molecule has 0 unspecified atom stereocenters. The van der Waals surface area contributed by atoms with Crippen LogP contribution in [-0.2, 0) is 5.41 Å². The molecular weight excluding hydrogens is 1180 g/mol. The van der Waals surface area contributed by atoms with Crippen molar-refractivity contribution in [3.8, 4) is 11.1 Å². The Morgan fingerprint density at radius 1 is 0.211 bits per heavy atom. The van der Waals surface area contributed by atoms with Crippen LogP contribution in [0, 0.1) is 0 Å². The van der Waals surface area contributed by atoms with Crippen LogP contribution < -0.4 is 51.3 Å². The zero-order chi connectivity index (χ0) is 63.5. The molecule has 0 radical (unpaired) electrons. The van der Waals surface area contributed by atoms with Gasteiger partial charge in [0.2, 0.25) is 0 Å². The zero-order valence-electron chi connectivity index (χ0n) is 53.2. The number of fused-ring (bicyclic) bond motifs is 9. The minimum atomic E-state index is -2.83. The Morgan fingerprint density at radius 2 is 0.453 bits per heavy atom. The van der Waals surface area contributed by atoms with Crippen molar-refractivity contribution in [2.45, 2.75) is 19.3 Å². The highest BCUT2D eigenvalue weighted by atomic mass is 28.3. The summed E-state index contributed by atoms with van der Waals surface area (Å²) >= 11 is 0. The van der Waals surface area contributed by atoms with Crippen LogP contribution in [0.1, 0.15) is 25.0 Å². The van der Waals surface area contributed by atoms with E-state index in [9.17, 15) is 0 Å². The van der Waals surface area contributed by atoms with Gasteiger partial charge >= 0.3 is 0 Å². The lowest BCUT2D eigenvalue weighted by molar-refractivity contribution is 0.661. The number of hydrogen-bond acceptors (Lipinski definition) is 2. The fourth-order valence-electron chi connectivity index (χ4n) is 16.1. The lowest BCUT2D eigenvalue weighted by Gasteiger charge is -2.35. The van der Waals surface area contributed by atoms with E-state index in [1.807, 2.05) is 0 Å². The second-order valence-corrected chi connectivity index (χ2v) is 33.5. The van der Waals surface area contributed by atoms with Crippen LogP contribution >= 0.6 is 0 Å². The van der Waals surface area contributed by atoms with Gasteiger partial charge in [0.15, 0.2) is 16.1 Å². The molecule has 2 nitrogen and oxygen atoms in total. The molecule has 1 aliphatic carbocycles. The quantitative estimate of drug-likeness (QED) is 0.0791. The third-order valence-corrected chi connectivity index (χ3v) is 30.1. The Hall–Kier alpha value is -11.4. The molecule has 450 valence electrons. The van der Waals surface area contributed by atoms with Crippen molar-refractivity contribution in [2.24, 2.45) is 0 Å². The molecule has 0 amide bonds. The summed E-state index contributed by atoms with van der Waals surface area (Å²) in [5, 5.41) is 20.5. The van der Waals surface area contributed by atoms with Crippen molar-refractivity contribution in [3.05, 3.63) is 387 Å². The van der Waals surface area contributed by atoms with E-state index in [2.05, 4.69) is 400 Å². The van der Waals surface area contributed by atoms with E-state index >= 15 is 0 Å². The van der Waals surface area contributed by atoms with Crippen LogP contribution in [0.15, 0.2) is 376 Å². The number of anilines is 6. The van der Waals surface area contributed by atoms with Gasteiger partial charge in [0, 0.05) is 38.9 Å². The Balaban J connectivity index is 0.864. The lowest BCUT2D eigenvalue weighted by atomic mass is 9.81. The maximum atomic E-state index is 2.55. The summed E-state index contributed by atoms with van der Waals surface area (Å²) in [4.78, 5) is 5.07. The van der Waals surface area contributed by atoms with Crippen LogP contribution in [0.25, 0.3) is 54.2 Å². The average Bonchev–Trinajstić information content (AvgIpc) is 1.57. The molecule has 0 aliphatic heterocycles. The first-order valence-electron chi connectivity index (χ1n) is 33.1. The van der Waals surface area contributed by atoms with Crippen molar-refractivity contribution >= 4 is 135 Å². The smallest absolute Gasteiger partial charge is 0.179 e. The summed E-state index contributed by atoms with van der Waals surface area (Å²) in [5.74, 6) is 0. The Kier molecular flexibility index (Phi) is 14.3. The predicted molar refractivity (Wildman–Crippen MR) is 411 cm³/mol. The summed E-state index contributed by atoms with van der Waals surface area (Å²) in [5.41, 5.74) is 11.5. The van der Waals surface area contributed by atoms with Gasteiger partial charge in [-0.3, -0.25) is 0 Å². The third kappa shape index (κ3) is 9.42. The highest BCUT2D eigenvalue weighted by Gasteiger charge is 2.44. The van der Waals surface area contributed by atoms with Crippen molar-refractivity contribution in [3.63, 3.8) is 0 Å². The molecule has 0 N–H and O–H groups in total. The number of hydrogen-bond donors (Lipinski definition) is 0. The van der Waals surface area contributed by atoms with Gasteiger partial charge in [0.1, 0.15) is 0 Å². The van der Waals surface area contributed by atoms with Gasteiger partial charge in [-0.1, -0.05) is 329 Å². The Labute approximate surface area is 558 Å². The van der Waals surface area contributed by atoms with Gasteiger partial charge in [0.25, 0.3) is 0 Å². The lowest BCUT2D eigenvalue weighted by Crippen LogP contribution is -2.74. The molecule has 16 aromatic rings. The highest BCUT2D eigenvalue weighted by molar-refractivity contribution is 7.20. The van der Waals surface area contributed by atoms with Gasteiger partial charge in [-0.05, 0) is 157 Å². The molecule has 0 atom stereocenters. The van der Waals surface area contributed by atoms with Gasteiger partial charge < -0.3 is 9.80 Å². The van der Waals surface area contributed by atoms with E-state index in [1.54, 1.807) is 0 Å². The minimum Gasteiger partial charge on any atom is -0.310 e. The first kappa shape index (κ1) is 57.5. The first-order valence-corrected chi connectivity index (χ1v) is 37.1. The second-order valence-electron chi connectivity index (χ2n) is 25.9. The zero-order valence-corrected chi connectivity index (χ0v) is 55.2. The van der Waals surface area contributed by atoms with E-state index in [1.165, 1.54) is 107 Å². The molecule has 95 heavy (non-hydrogen) atoms. The molecule has 17 rings (SSSR count). The maximum Gasteiger partial charge on any atom is 0.179 e. The van der Waals surface area contributed by atoms with E-state index < -0.39 is 21.6 Å². The molecule has 16 aromatic carbocycles. The summed E-state index contributed by atoms with van der Waals surface area (Å²) in [7, 11) is -5.65. The van der Waals surface area contributed by atoms with Crippen LogP contribution in [0.4, 0.5) is 34.1 Å². The largest absolute Gasteiger partial charge is 0.310 e. The number of nitrogens with zero attached hydrogens (tertiary/aromatic N) is 2. The first-order chi connectivity index (χ1) is 46.9. The van der Waals surface area contributed by atoms with Crippen molar-refractivity contribution in [1.82, 2.24) is 0 Å². The third-order valence-electron chi connectivity index (χ3n) is 20.5. The monoisotopic (exact) mass is 1240 g/mol. The maximum absolute atomic E-state index is 2.83. The van der Waals surface area contributed by atoms with Crippen molar-refractivity contribution < 1.29 is 0 Å². The van der Waals surface area contributed by atoms with Gasteiger partial charge in [-0.2, -0.15) is 0 Å². The van der Waals surface area contributed by atoms with Gasteiger partial charge in [-0.15, -0.1) is 0 Å². The van der Waals surface area contributed by atoms with E-state index in [0.29, 0.717) is 0 Å². The standard InChI is InChI=1S/C91H68N2Si2/c1-91(2)85-63-87(92(71-51-49-65-29-21-23-31-67(65)61-71)69-53-57-79(58-54-69)94(73-33-9-3-10-34-73,74-35-11-4-12-36-74)75-37-13-5-14-38-75)81-45-25-27-47-83(81)89(85)90-84-48-28-26-46-82(84)88(64-86(90)91)93(72-52-50-66-30-22-24-32-68(66)62-72)70-55-59-80(60-56-70)95(76-39-15-6-16-40-76,77-41-17-7-18-42-77)78-43-19-8-20-44-78/h3-64H,1-2H3. The molecule has 0 spiro atoms.